The van der Waals surface area contributed by atoms with E-state index in [4.69, 9.17) is 4.74 Å². The minimum atomic E-state index is -0.580. The van der Waals surface area contributed by atoms with Crippen LogP contribution in [-0.4, -0.2) is 17.2 Å². The summed E-state index contributed by atoms with van der Waals surface area (Å²) >= 11 is 0. The quantitative estimate of drug-likeness (QED) is 0.585. The molecule has 0 aliphatic heterocycles. The lowest BCUT2D eigenvalue weighted by Gasteiger charge is -2.00. The molecule has 0 N–H and O–H groups in total. The van der Waals surface area contributed by atoms with Gasteiger partial charge in [-0.1, -0.05) is 12.1 Å². The Bertz CT molecular complexity index is 504. The number of methoxy groups -OCH3 is 1. The van der Waals surface area contributed by atoms with Crippen LogP contribution in [0.5, 0.6) is 5.75 Å². The molecular formula is C10H8N2O4. The summed E-state index contributed by atoms with van der Waals surface area (Å²) < 4.78 is 9.59. The molecule has 0 saturated carbocycles. The first-order chi connectivity index (χ1) is 7.72. The summed E-state index contributed by atoms with van der Waals surface area (Å²) in [6.45, 7) is 0. The Hall–Kier alpha value is -2.37. The maximum Gasteiger partial charge on any atom is 0.421 e. The average Bonchev–Trinajstić information content (AvgIpc) is 2.78. The van der Waals surface area contributed by atoms with E-state index in [1.807, 2.05) is 0 Å². The van der Waals surface area contributed by atoms with Gasteiger partial charge in [-0.15, -0.1) is 0 Å². The van der Waals surface area contributed by atoms with Gasteiger partial charge in [0.2, 0.25) is 0 Å². The largest absolute Gasteiger partial charge is 0.497 e. The molecule has 0 atom stereocenters. The number of hydrogen-bond acceptors (Lipinski definition) is 5. The van der Waals surface area contributed by atoms with Crippen LogP contribution in [-0.2, 0) is 0 Å². The highest BCUT2D eigenvalue weighted by Crippen LogP contribution is 2.29. The molecule has 0 unspecified atom stereocenters. The molecular weight excluding hydrogens is 212 g/mol. The Labute approximate surface area is 90.6 Å². The summed E-state index contributed by atoms with van der Waals surface area (Å²) in [5.74, 6) is 0.396. The second-order valence-corrected chi connectivity index (χ2v) is 3.04. The Balaban J connectivity index is 2.42. The van der Waals surface area contributed by atoms with Crippen LogP contribution in [0.2, 0.25) is 0 Å². The molecule has 2 aromatic rings. The summed E-state index contributed by atoms with van der Waals surface area (Å²) in [6.07, 6.45) is 1.25. The molecule has 0 amide bonds. The molecule has 0 aliphatic rings. The van der Waals surface area contributed by atoms with Crippen LogP contribution < -0.4 is 4.74 Å². The normalized spacial score (nSPS) is 10.1. The van der Waals surface area contributed by atoms with Crippen LogP contribution in [0.15, 0.2) is 35.1 Å². The van der Waals surface area contributed by atoms with Gasteiger partial charge >= 0.3 is 5.82 Å². The van der Waals surface area contributed by atoms with Gasteiger partial charge in [0.25, 0.3) is 0 Å². The van der Waals surface area contributed by atoms with Gasteiger partial charge in [0, 0.05) is 0 Å². The molecule has 1 aromatic carbocycles. The molecule has 0 aliphatic carbocycles. The Morgan fingerprint density at radius 2 is 2.06 bits per heavy atom. The summed E-state index contributed by atoms with van der Waals surface area (Å²) in [7, 11) is 1.55. The number of hydrogen-bond donors (Lipinski definition) is 0. The van der Waals surface area contributed by atoms with Gasteiger partial charge in [0.05, 0.1) is 7.11 Å². The van der Waals surface area contributed by atoms with Crippen molar-refractivity contribution in [2.75, 3.05) is 7.11 Å². The molecule has 6 heteroatoms. The van der Waals surface area contributed by atoms with E-state index in [2.05, 4.69) is 9.68 Å². The zero-order chi connectivity index (χ0) is 11.5. The summed E-state index contributed by atoms with van der Waals surface area (Å²) in [5, 5.41) is 14.0. The van der Waals surface area contributed by atoms with E-state index < -0.39 is 4.92 Å². The highest BCUT2D eigenvalue weighted by atomic mass is 16.6. The highest BCUT2D eigenvalue weighted by Gasteiger charge is 2.20. The molecule has 0 bridgehead atoms. The van der Waals surface area contributed by atoms with Gasteiger partial charge in [0.1, 0.15) is 11.3 Å². The highest BCUT2D eigenvalue weighted by molar-refractivity contribution is 5.70. The van der Waals surface area contributed by atoms with E-state index >= 15 is 0 Å². The second-order valence-electron chi connectivity index (χ2n) is 3.04. The third-order valence-corrected chi connectivity index (χ3v) is 2.12. The van der Waals surface area contributed by atoms with Crippen molar-refractivity contribution in [3.63, 3.8) is 0 Å². The molecule has 0 spiro atoms. The Morgan fingerprint density at radius 1 is 1.38 bits per heavy atom. The van der Waals surface area contributed by atoms with Gasteiger partial charge < -0.3 is 14.9 Å². The van der Waals surface area contributed by atoms with Crippen LogP contribution >= 0.6 is 0 Å². The smallest absolute Gasteiger partial charge is 0.421 e. The first-order valence-corrected chi connectivity index (χ1v) is 4.45. The first-order valence-electron chi connectivity index (χ1n) is 4.45. The minimum absolute atomic E-state index is 0.287. The van der Waals surface area contributed by atoms with E-state index in [1.165, 1.54) is 6.26 Å². The van der Waals surface area contributed by atoms with Crippen molar-refractivity contribution >= 4 is 5.82 Å². The third kappa shape index (κ3) is 1.72. The van der Waals surface area contributed by atoms with Crippen molar-refractivity contribution in [1.82, 2.24) is 5.16 Å². The molecule has 0 saturated heterocycles. The minimum Gasteiger partial charge on any atom is -0.497 e. The number of nitro groups is 1. The van der Waals surface area contributed by atoms with E-state index in [0.717, 1.165) is 0 Å². The van der Waals surface area contributed by atoms with Crippen LogP contribution in [0, 0.1) is 10.1 Å². The van der Waals surface area contributed by atoms with Crippen LogP contribution in [0.4, 0.5) is 5.82 Å². The summed E-state index contributed by atoms with van der Waals surface area (Å²) in [4.78, 5) is 10.1. The molecule has 0 fully saturated rings. The lowest BCUT2D eigenvalue weighted by molar-refractivity contribution is -0.390. The van der Waals surface area contributed by atoms with E-state index in [-0.39, 0.29) is 5.82 Å². The zero-order valence-electron chi connectivity index (χ0n) is 8.41. The van der Waals surface area contributed by atoms with Crippen molar-refractivity contribution in [3.05, 3.63) is 40.6 Å². The fourth-order valence-corrected chi connectivity index (χ4v) is 1.33. The number of rotatable bonds is 3. The van der Waals surface area contributed by atoms with Gasteiger partial charge in [0.15, 0.2) is 11.4 Å². The lowest BCUT2D eigenvalue weighted by Crippen LogP contribution is -1.90. The lowest BCUT2D eigenvalue weighted by atomic mass is 10.1. The van der Waals surface area contributed by atoms with Gasteiger partial charge in [-0.05, 0) is 22.6 Å². The molecule has 82 valence electrons. The molecule has 0 radical (unpaired) electrons. The molecule has 2 rings (SSSR count). The fraction of sp³-hybridized carbons (Fsp3) is 0.100. The second kappa shape index (κ2) is 4.01. The van der Waals surface area contributed by atoms with Crippen molar-refractivity contribution < 1.29 is 14.2 Å². The van der Waals surface area contributed by atoms with Crippen molar-refractivity contribution in [2.45, 2.75) is 0 Å². The van der Waals surface area contributed by atoms with Gasteiger partial charge in [-0.3, -0.25) is 4.52 Å². The van der Waals surface area contributed by atoms with Gasteiger partial charge in [-0.25, -0.2) is 0 Å². The summed E-state index contributed by atoms with van der Waals surface area (Å²) in [5.41, 5.74) is 1.02. The number of nitrogens with zero attached hydrogens (tertiary/aromatic N) is 2. The SMILES string of the molecule is COc1ccc(-c2conc2[N+](=O)[O-])cc1. The monoisotopic (exact) mass is 220 g/mol. The molecule has 1 heterocycles. The standard InChI is InChI=1S/C10H8N2O4/c1-15-8-4-2-7(3-5-8)9-6-16-11-10(9)12(13)14/h2-6H,1H3. The Morgan fingerprint density at radius 3 is 2.62 bits per heavy atom. The predicted octanol–water partition coefficient (Wildman–Crippen LogP) is 2.26. The van der Waals surface area contributed by atoms with E-state index in [1.54, 1.807) is 31.4 Å². The maximum absolute atomic E-state index is 10.6. The zero-order valence-corrected chi connectivity index (χ0v) is 8.41. The topological polar surface area (TPSA) is 78.4 Å². The predicted molar refractivity (Wildman–Crippen MR) is 55.1 cm³/mol. The average molecular weight is 220 g/mol. The van der Waals surface area contributed by atoms with Crippen LogP contribution in [0.1, 0.15) is 0 Å². The fourth-order valence-electron chi connectivity index (χ4n) is 1.33. The summed E-state index contributed by atoms with van der Waals surface area (Å²) in [6, 6.07) is 6.84. The van der Waals surface area contributed by atoms with Crippen molar-refractivity contribution in [3.8, 4) is 16.9 Å². The third-order valence-electron chi connectivity index (χ3n) is 2.12. The van der Waals surface area contributed by atoms with Crippen LogP contribution in [0.3, 0.4) is 0 Å². The van der Waals surface area contributed by atoms with E-state index in [9.17, 15) is 10.1 Å². The van der Waals surface area contributed by atoms with Crippen molar-refractivity contribution in [1.29, 1.82) is 0 Å². The molecule has 6 nitrogen and oxygen atoms in total. The number of aromatic nitrogens is 1. The molecule has 16 heavy (non-hydrogen) atoms. The number of ether oxygens (including phenoxy) is 1. The molecule has 1 aromatic heterocycles. The maximum atomic E-state index is 10.6. The van der Waals surface area contributed by atoms with E-state index in [0.29, 0.717) is 16.9 Å². The first kappa shape index (κ1) is 10.2. The van der Waals surface area contributed by atoms with Crippen LogP contribution in [0.25, 0.3) is 11.1 Å². The Kier molecular flexibility index (Phi) is 2.55. The van der Waals surface area contributed by atoms with Gasteiger partial charge in [-0.2, -0.15) is 0 Å². The van der Waals surface area contributed by atoms with Crippen molar-refractivity contribution in [2.24, 2.45) is 0 Å². The number of benzene rings is 1.